The summed E-state index contributed by atoms with van der Waals surface area (Å²) in [5, 5.41) is 2.25. The molecule has 0 aliphatic heterocycles. The molecule has 0 atom stereocenters. The summed E-state index contributed by atoms with van der Waals surface area (Å²) < 4.78 is 3.06. The minimum absolute atomic E-state index is 0.261. The van der Waals surface area contributed by atoms with Crippen molar-refractivity contribution >= 4 is 33.2 Å². The van der Waals surface area contributed by atoms with Crippen LogP contribution in [0.3, 0.4) is 0 Å². The van der Waals surface area contributed by atoms with Gasteiger partial charge in [-0.15, -0.1) is 11.3 Å². The third-order valence-corrected chi connectivity index (χ3v) is 3.62. The van der Waals surface area contributed by atoms with Crippen LogP contribution in [-0.2, 0) is 6.54 Å². The Bertz CT molecular complexity index is 673. The molecule has 0 aromatic carbocycles. The van der Waals surface area contributed by atoms with Gasteiger partial charge in [-0.25, -0.2) is 15.0 Å². The lowest BCUT2D eigenvalue weighted by molar-refractivity contribution is 0.768. The maximum Gasteiger partial charge on any atom is 0.223 e. The van der Waals surface area contributed by atoms with Crippen LogP contribution in [0.15, 0.2) is 23.8 Å². The van der Waals surface area contributed by atoms with Crippen molar-refractivity contribution in [3.8, 4) is 11.5 Å². The van der Waals surface area contributed by atoms with Crippen molar-refractivity contribution in [1.29, 1.82) is 0 Å². The molecule has 3 aromatic rings. The third-order valence-electron chi connectivity index (χ3n) is 2.54. The van der Waals surface area contributed by atoms with Gasteiger partial charge in [-0.1, -0.05) is 0 Å². The van der Waals surface area contributed by atoms with Gasteiger partial charge in [-0.3, -0.25) is 0 Å². The Labute approximate surface area is 107 Å². The second kappa shape index (κ2) is 4.09. The van der Waals surface area contributed by atoms with Crippen LogP contribution in [0.2, 0.25) is 5.28 Å². The summed E-state index contributed by atoms with van der Waals surface area (Å²) in [6.07, 6.45) is 3.71. The number of hydrogen-bond acceptors (Lipinski definition) is 4. The molecular formula is C11H9ClN4S. The van der Waals surface area contributed by atoms with Crippen molar-refractivity contribution in [3.05, 3.63) is 29.1 Å². The first-order valence-electron chi connectivity index (χ1n) is 5.22. The summed E-state index contributed by atoms with van der Waals surface area (Å²) >= 11 is 7.54. The number of aromatic nitrogens is 4. The highest BCUT2D eigenvalue weighted by Crippen LogP contribution is 2.30. The van der Waals surface area contributed by atoms with E-state index in [0.29, 0.717) is 0 Å². The summed E-state index contributed by atoms with van der Waals surface area (Å²) in [5.74, 6) is 0.837. The Balaban J connectivity index is 2.32. The molecule has 0 saturated carbocycles. The highest BCUT2D eigenvalue weighted by Gasteiger charge is 2.14. The summed E-state index contributed by atoms with van der Waals surface area (Å²) in [6, 6.07) is 1.94. The van der Waals surface area contributed by atoms with Gasteiger partial charge in [0.1, 0.15) is 5.69 Å². The normalized spacial score (nSPS) is 11.2. The lowest BCUT2D eigenvalue weighted by atomic mass is 10.3. The number of aryl methyl sites for hydroxylation is 1. The van der Waals surface area contributed by atoms with Crippen LogP contribution >= 0.6 is 22.9 Å². The summed E-state index contributed by atoms with van der Waals surface area (Å²) in [6.45, 7) is 2.92. The molecule has 0 saturated heterocycles. The van der Waals surface area contributed by atoms with Crippen LogP contribution < -0.4 is 0 Å². The van der Waals surface area contributed by atoms with E-state index in [1.807, 2.05) is 22.2 Å². The molecule has 0 N–H and O–H groups in total. The maximum absolute atomic E-state index is 5.94. The molecule has 3 heterocycles. The molecular weight excluding hydrogens is 256 g/mol. The van der Waals surface area contributed by atoms with E-state index in [0.717, 1.165) is 28.3 Å². The molecule has 0 aliphatic rings. The molecule has 0 aliphatic carbocycles. The lowest BCUT2D eigenvalue weighted by Crippen LogP contribution is -1.99. The highest BCUT2D eigenvalue weighted by molar-refractivity contribution is 7.17. The van der Waals surface area contributed by atoms with Crippen molar-refractivity contribution in [3.63, 3.8) is 0 Å². The maximum atomic E-state index is 5.94. The lowest BCUT2D eigenvalue weighted by Gasteiger charge is -2.05. The van der Waals surface area contributed by atoms with Gasteiger partial charge in [0, 0.05) is 18.9 Å². The fraction of sp³-hybridized carbons (Fsp3) is 0.182. The average molecular weight is 265 g/mol. The largest absolute Gasteiger partial charge is 0.330 e. The van der Waals surface area contributed by atoms with Crippen molar-refractivity contribution in [2.24, 2.45) is 0 Å². The number of halogens is 1. The van der Waals surface area contributed by atoms with Gasteiger partial charge in [-0.2, -0.15) is 0 Å². The predicted octanol–water partition coefficient (Wildman–Crippen LogP) is 3.23. The molecule has 6 heteroatoms. The van der Waals surface area contributed by atoms with Crippen molar-refractivity contribution in [1.82, 2.24) is 19.5 Å². The van der Waals surface area contributed by atoms with Gasteiger partial charge in [0.15, 0.2) is 5.82 Å². The smallest absolute Gasteiger partial charge is 0.223 e. The molecule has 0 bridgehead atoms. The number of fused-ring (bicyclic) bond motifs is 1. The Morgan fingerprint density at radius 1 is 1.41 bits per heavy atom. The van der Waals surface area contributed by atoms with Crippen LogP contribution in [0.1, 0.15) is 6.92 Å². The third kappa shape index (κ3) is 1.71. The molecule has 0 amide bonds. The average Bonchev–Trinajstić information content (AvgIpc) is 2.95. The number of imidazole rings is 1. The first-order valence-corrected chi connectivity index (χ1v) is 6.47. The zero-order valence-electron chi connectivity index (χ0n) is 9.09. The first-order chi connectivity index (χ1) is 8.29. The number of thiophene rings is 1. The molecule has 17 heavy (non-hydrogen) atoms. The molecule has 0 spiro atoms. The second-order valence-corrected chi connectivity index (χ2v) is 4.77. The van der Waals surface area contributed by atoms with E-state index in [9.17, 15) is 0 Å². The second-order valence-electron chi connectivity index (χ2n) is 3.51. The van der Waals surface area contributed by atoms with Crippen LogP contribution in [-0.4, -0.2) is 19.5 Å². The predicted molar refractivity (Wildman–Crippen MR) is 69.3 cm³/mol. The fourth-order valence-electron chi connectivity index (χ4n) is 1.77. The van der Waals surface area contributed by atoms with Crippen molar-refractivity contribution in [2.45, 2.75) is 13.5 Å². The van der Waals surface area contributed by atoms with E-state index in [1.54, 1.807) is 17.5 Å². The molecule has 86 valence electrons. The Kier molecular flexibility index (Phi) is 2.57. The molecule has 0 fully saturated rings. The Morgan fingerprint density at radius 2 is 2.29 bits per heavy atom. The minimum atomic E-state index is 0.261. The monoisotopic (exact) mass is 264 g/mol. The van der Waals surface area contributed by atoms with Crippen molar-refractivity contribution in [2.75, 3.05) is 0 Å². The van der Waals surface area contributed by atoms with E-state index in [1.165, 1.54) is 0 Å². The summed E-state index contributed by atoms with van der Waals surface area (Å²) in [7, 11) is 0. The molecule has 4 nitrogen and oxygen atoms in total. The van der Waals surface area contributed by atoms with Crippen LogP contribution in [0, 0.1) is 0 Å². The van der Waals surface area contributed by atoms with Crippen molar-refractivity contribution < 1.29 is 0 Å². The first kappa shape index (κ1) is 10.7. The Hall–Kier alpha value is -1.46. The number of hydrogen-bond donors (Lipinski definition) is 0. The summed E-state index contributed by atoms with van der Waals surface area (Å²) in [4.78, 5) is 12.8. The van der Waals surface area contributed by atoms with E-state index < -0.39 is 0 Å². The van der Waals surface area contributed by atoms with Gasteiger partial charge in [-0.05, 0) is 30.0 Å². The van der Waals surface area contributed by atoms with Crippen LogP contribution in [0.25, 0.3) is 21.7 Å². The van der Waals surface area contributed by atoms with Gasteiger partial charge < -0.3 is 4.57 Å². The van der Waals surface area contributed by atoms with Gasteiger partial charge in [0.05, 0.1) is 10.2 Å². The van der Waals surface area contributed by atoms with Gasteiger partial charge in [0.2, 0.25) is 5.28 Å². The Morgan fingerprint density at radius 3 is 3.12 bits per heavy atom. The van der Waals surface area contributed by atoms with Crippen LogP contribution in [0.4, 0.5) is 0 Å². The molecule has 0 radical (unpaired) electrons. The van der Waals surface area contributed by atoms with E-state index >= 15 is 0 Å². The number of rotatable bonds is 2. The van der Waals surface area contributed by atoms with E-state index in [2.05, 4.69) is 21.9 Å². The standard InChI is InChI=1S/C11H9ClN4S/c1-2-16-5-4-13-10(16)8-9-7(3-6-17-9)14-11(12)15-8/h3-6H,2H2,1H3. The van der Waals surface area contributed by atoms with E-state index in [4.69, 9.17) is 11.6 Å². The molecule has 3 rings (SSSR count). The fourth-order valence-corrected chi connectivity index (χ4v) is 2.76. The molecule has 0 unspecified atom stereocenters. The summed E-state index contributed by atoms with van der Waals surface area (Å²) in [5.41, 5.74) is 1.68. The minimum Gasteiger partial charge on any atom is -0.330 e. The topological polar surface area (TPSA) is 43.6 Å². The zero-order valence-corrected chi connectivity index (χ0v) is 10.7. The highest BCUT2D eigenvalue weighted by atomic mass is 35.5. The van der Waals surface area contributed by atoms with Crippen LogP contribution in [0.5, 0.6) is 0 Å². The molecule has 3 aromatic heterocycles. The van der Waals surface area contributed by atoms with Gasteiger partial charge in [0.25, 0.3) is 0 Å². The quantitative estimate of drug-likeness (QED) is 0.668. The number of nitrogens with zero attached hydrogens (tertiary/aromatic N) is 4. The van der Waals surface area contributed by atoms with Gasteiger partial charge >= 0.3 is 0 Å². The zero-order chi connectivity index (χ0) is 11.8. The van der Waals surface area contributed by atoms with E-state index in [-0.39, 0.29) is 5.28 Å². The SMILES string of the molecule is CCn1ccnc1-c1nc(Cl)nc2ccsc12.